The molecule has 3 atom stereocenters. The Morgan fingerprint density at radius 3 is 2.40 bits per heavy atom. The molecule has 0 aliphatic carbocycles. The number of hydrogen-bond donors (Lipinski definition) is 1. The van der Waals surface area contributed by atoms with Crippen molar-refractivity contribution in [2.75, 3.05) is 39.4 Å². The number of morpholine rings is 1. The summed E-state index contributed by atoms with van der Waals surface area (Å²) in [4.78, 5) is 27.5. The van der Waals surface area contributed by atoms with E-state index in [-0.39, 0.29) is 5.91 Å². The predicted octanol–water partition coefficient (Wildman–Crippen LogP) is 0.276. The fourth-order valence-corrected chi connectivity index (χ4v) is 2.90. The number of carbonyl (C=O) groups is 2. The smallest absolute Gasteiger partial charge is 0.307 e. The van der Waals surface area contributed by atoms with Gasteiger partial charge in [-0.3, -0.25) is 14.5 Å². The van der Waals surface area contributed by atoms with Gasteiger partial charge in [-0.05, 0) is 6.42 Å². The fourth-order valence-electron chi connectivity index (χ4n) is 2.90. The van der Waals surface area contributed by atoms with Gasteiger partial charge in [0.15, 0.2) is 0 Å². The van der Waals surface area contributed by atoms with Gasteiger partial charge < -0.3 is 14.7 Å². The molecule has 6 nitrogen and oxygen atoms in total. The van der Waals surface area contributed by atoms with Gasteiger partial charge in [0.25, 0.3) is 0 Å². The molecule has 20 heavy (non-hydrogen) atoms. The second kappa shape index (κ2) is 6.54. The van der Waals surface area contributed by atoms with E-state index in [4.69, 9.17) is 9.84 Å². The minimum absolute atomic E-state index is 0.0318. The predicted molar refractivity (Wildman–Crippen MR) is 73.3 cm³/mol. The third-order valence-corrected chi connectivity index (χ3v) is 4.57. The first-order valence-corrected chi connectivity index (χ1v) is 7.34. The van der Waals surface area contributed by atoms with E-state index in [9.17, 15) is 9.59 Å². The maximum Gasteiger partial charge on any atom is 0.307 e. The molecule has 2 aliphatic rings. The van der Waals surface area contributed by atoms with Crippen LogP contribution in [0.3, 0.4) is 0 Å². The van der Waals surface area contributed by atoms with Gasteiger partial charge in [-0.15, -0.1) is 0 Å². The minimum atomic E-state index is -0.908. The van der Waals surface area contributed by atoms with Gasteiger partial charge in [0.2, 0.25) is 5.91 Å². The zero-order valence-electron chi connectivity index (χ0n) is 12.2. The Morgan fingerprint density at radius 2 is 1.80 bits per heavy atom. The third-order valence-electron chi connectivity index (χ3n) is 4.57. The topological polar surface area (TPSA) is 70.1 Å². The van der Waals surface area contributed by atoms with Crippen LogP contribution in [0.1, 0.15) is 20.3 Å². The van der Waals surface area contributed by atoms with Crippen molar-refractivity contribution in [1.82, 2.24) is 9.80 Å². The van der Waals surface area contributed by atoms with Crippen LogP contribution in [0.4, 0.5) is 0 Å². The molecule has 2 rings (SSSR count). The Bertz CT molecular complexity index is 368. The van der Waals surface area contributed by atoms with Crippen molar-refractivity contribution in [2.45, 2.75) is 26.3 Å². The molecule has 114 valence electrons. The Kier molecular flexibility index (Phi) is 4.99. The highest BCUT2D eigenvalue weighted by Crippen LogP contribution is 2.21. The standard InChI is InChI=1S/C14H24N2O4/c1-10(11(2)14(18)19)13(17)16-4-3-12(9-16)15-5-7-20-8-6-15/h10-12H,3-9H2,1-2H3,(H,18,19). The maximum absolute atomic E-state index is 12.3. The second-order valence-corrected chi connectivity index (χ2v) is 5.79. The van der Waals surface area contributed by atoms with E-state index in [0.717, 1.165) is 45.8 Å². The first kappa shape index (κ1) is 15.3. The van der Waals surface area contributed by atoms with E-state index in [2.05, 4.69) is 4.90 Å². The first-order chi connectivity index (χ1) is 9.50. The van der Waals surface area contributed by atoms with Crippen molar-refractivity contribution in [2.24, 2.45) is 11.8 Å². The lowest BCUT2D eigenvalue weighted by molar-refractivity contribution is -0.148. The van der Waals surface area contributed by atoms with Crippen LogP contribution in [0, 0.1) is 11.8 Å². The molecule has 2 heterocycles. The van der Waals surface area contributed by atoms with Crippen LogP contribution in [-0.2, 0) is 14.3 Å². The summed E-state index contributed by atoms with van der Waals surface area (Å²) in [6.07, 6.45) is 0.972. The van der Waals surface area contributed by atoms with Gasteiger partial charge in [0.05, 0.1) is 19.1 Å². The molecule has 3 unspecified atom stereocenters. The maximum atomic E-state index is 12.3. The number of carboxylic acid groups (broad SMARTS) is 1. The minimum Gasteiger partial charge on any atom is -0.481 e. The van der Waals surface area contributed by atoms with E-state index in [0.29, 0.717) is 6.04 Å². The van der Waals surface area contributed by atoms with Crippen LogP contribution in [-0.4, -0.2) is 72.2 Å². The summed E-state index contributed by atoms with van der Waals surface area (Å²) in [7, 11) is 0. The van der Waals surface area contributed by atoms with Crippen LogP contribution in [0.15, 0.2) is 0 Å². The molecule has 0 aromatic rings. The van der Waals surface area contributed by atoms with Gasteiger partial charge in [0.1, 0.15) is 0 Å². The highest BCUT2D eigenvalue weighted by atomic mass is 16.5. The number of carboxylic acids is 1. The average molecular weight is 284 g/mol. The number of ether oxygens (including phenoxy) is 1. The van der Waals surface area contributed by atoms with Crippen molar-refractivity contribution in [3.05, 3.63) is 0 Å². The van der Waals surface area contributed by atoms with Crippen molar-refractivity contribution in [1.29, 1.82) is 0 Å². The molecule has 0 aromatic carbocycles. The summed E-state index contributed by atoms with van der Waals surface area (Å²) in [5, 5.41) is 9.01. The molecule has 0 spiro atoms. The van der Waals surface area contributed by atoms with Gasteiger partial charge in [-0.2, -0.15) is 0 Å². The molecule has 0 aromatic heterocycles. The molecule has 1 N–H and O–H groups in total. The van der Waals surface area contributed by atoms with E-state index in [1.54, 1.807) is 13.8 Å². The highest BCUT2D eigenvalue weighted by Gasteiger charge is 2.35. The van der Waals surface area contributed by atoms with Crippen LogP contribution < -0.4 is 0 Å². The van der Waals surface area contributed by atoms with E-state index in [1.807, 2.05) is 4.90 Å². The number of amides is 1. The lowest BCUT2D eigenvalue weighted by Gasteiger charge is -2.32. The SMILES string of the molecule is CC(C(=O)O)C(C)C(=O)N1CCC(N2CCOCC2)C1. The van der Waals surface area contributed by atoms with E-state index < -0.39 is 17.8 Å². The molecule has 0 bridgehead atoms. The average Bonchev–Trinajstić information content (AvgIpc) is 2.95. The molecule has 2 saturated heterocycles. The zero-order chi connectivity index (χ0) is 14.7. The Hall–Kier alpha value is -1.14. The molecule has 2 fully saturated rings. The number of likely N-dealkylation sites (tertiary alicyclic amines) is 1. The first-order valence-electron chi connectivity index (χ1n) is 7.34. The number of aliphatic carboxylic acids is 1. The van der Waals surface area contributed by atoms with Gasteiger partial charge in [-0.1, -0.05) is 13.8 Å². The summed E-state index contributed by atoms with van der Waals surface area (Å²) in [5.41, 5.74) is 0. The van der Waals surface area contributed by atoms with Crippen LogP contribution in [0.5, 0.6) is 0 Å². The Morgan fingerprint density at radius 1 is 1.15 bits per heavy atom. The van der Waals surface area contributed by atoms with Crippen molar-refractivity contribution >= 4 is 11.9 Å². The summed E-state index contributed by atoms with van der Waals surface area (Å²) in [6.45, 7) is 8.13. The quantitative estimate of drug-likeness (QED) is 0.803. The molecule has 1 amide bonds. The lowest BCUT2D eigenvalue weighted by atomic mass is 9.95. The molecular formula is C14H24N2O4. The Balaban J connectivity index is 1.88. The molecule has 0 radical (unpaired) electrons. The summed E-state index contributed by atoms with van der Waals surface area (Å²) in [5.74, 6) is -2.04. The number of hydrogen-bond acceptors (Lipinski definition) is 4. The number of nitrogens with zero attached hydrogens (tertiary/aromatic N) is 2. The van der Waals surface area contributed by atoms with Crippen molar-refractivity contribution in [3.63, 3.8) is 0 Å². The second-order valence-electron chi connectivity index (χ2n) is 5.79. The van der Waals surface area contributed by atoms with Crippen LogP contribution in [0.25, 0.3) is 0 Å². The number of rotatable bonds is 4. The fraction of sp³-hybridized carbons (Fsp3) is 0.857. The summed E-state index contributed by atoms with van der Waals surface area (Å²) < 4.78 is 5.34. The van der Waals surface area contributed by atoms with Gasteiger partial charge in [-0.25, -0.2) is 0 Å². The van der Waals surface area contributed by atoms with Crippen LogP contribution >= 0.6 is 0 Å². The normalized spacial score (nSPS) is 27.3. The zero-order valence-corrected chi connectivity index (χ0v) is 12.2. The Labute approximate surface area is 119 Å². The summed E-state index contributed by atoms with van der Waals surface area (Å²) in [6, 6.07) is 0.398. The number of carbonyl (C=O) groups excluding carboxylic acids is 1. The monoisotopic (exact) mass is 284 g/mol. The highest BCUT2D eigenvalue weighted by molar-refractivity contribution is 5.84. The largest absolute Gasteiger partial charge is 0.481 e. The third kappa shape index (κ3) is 3.30. The van der Waals surface area contributed by atoms with Crippen LogP contribution in [0.2, 0.25) is 0 Å². The van der Waals surface area contributed by atoms with Crippen molar-refractivity contribution in [3.8, 4) is 0 Å². The van der Waals surface area contributed by atoms with E-state index >= 15 is 0 Å². The summed E-state index contributed by atoms with van der Waals surface area (Å²) >= 11 is 0. The molecule has 2 aliphatic heterocycles. The van der Waals surface area contributed by atoms with Gasteiger partial charge >= 0.3 is 5.97 Å². The van der Waals surface area contributed by atoms with Gasteiger partial charge in [0, 0.05) is 38.1 Å². The van der Waals surface area contributed by atoms with Crippen molar-refractivity contribution < 1.29 is 19.4 Å². The van der Waals surface area contributed by atoms with E-state index in [1.165, 1.54) is 0 Å². The lowest BCUT2D eigenvalue weighted by Crippen LogP contribution is -2.46. The molecule has 6 heteroatoms. The molecular weight excluding hydrogens is 260 g/mol. The molecule has 0 saturated carbocycles.